The lowest BCUT2D eigenvalue weighted by atomic mass is 10.6. The molecule has 1 rings (SSSR count). The maximum atomic E-state index is 5.50. The van der Waals surface area contributed by atoms with Crippen LogP contribution in [0.15, 0.2) is 18.7 Å². The van der Waals surface area contributed by atoms with Gasteiger partial charge >= 0.3 is 0 Å². The molecule has 0 saturated carbocycles. The lowest BCUT2D eigenvalue weighted by molar-refractivity contribution is -0.717. The molecular weight excluding hydrogens is 138 g/mol. The third-order valence-corrected chi connectivity index (χ3v) is 1.04. The Morgan fingerprint density at radius 1 is 1.67 bits per heavy atom. The predicted octanol–water partition coefficient (Wildman–Crippen LogP) is -3.22. The average molecular weight is 148 g/mol. The number of rotatable bonds is 1. The summed E-state index contributed by atoms with van der Waals surface area (Å²) in [4.78, 5) is 2.89. The van der Waals surface area contributed by atoms with Crippen molar-refractivity contribution in [2.24, 2.45) is 5.73 Å². The van der Waals surface area contributed by atoms with Crippen LogP contribution in [0.4, 0.5) is 0 Å². The summed E-state index contributed by atoms with van der Waals surface area (Å²) >= 11 is 0. The van der Waals surface area contributed by atoms with Crippen LogP contribution in [-0.4, -0.2) is 4.98 Å². The SMILES string of the molecule is CC(N)[n+]1cc[nH]c1.[Cl-]. The molecule has 3 nitrogen and oxygen atoms in total. The molecule has 0 saturated heterocycles. The second-order valence-corrected chi connectivity index (χ2v) is 1.80. The highest BCUT2D eigenvalue weighted by molar-refractivity contribution is 4.56. The van der Waals surface area contributed by atoms with Gasteiger partial charge in [-0.05, 0) is 6.92 Å². The van der Waals surface area contributed by atoms with Crippen LogP contribution in [0.25, 0.3) is 0 Å². The molecular formula is C5H10ClN3. The maximum Gasteiger partial charge on any atom is 0.242 e. The number of H-pyrrole nitrogens is 1. The predicted molar refractivity (Wildman–Crippen MR) is 29.9 cm³/mol. The van der Waals surface area contributed by atoms with E-state index in [2.05, 4.69) is 4.98 Å². The first kappa shape index (κ1) is 8.46. The van der Waals surface area contributed by atoms with Crippen molar-refractivity contribution in [1.29, 1.82) is 0 Å². The molecule has 0 aliphatic heterocycles. The molecule has 0 aromatic carbocycles. The van der Waals surface area contributed by atoms with Crippen molar-refractivity contribution >= 4 is 0 Å². The number of nitrogens with zero attached hydrogens (tertiary/aromatic N) is 1. The Hall–Kier alpha value is -0.540. The molecule has 0 radical (unpaired) electrons. The second-order valence-electron chi connectivity index (χ2n) is 1.80. The topological polar surface area (TPSA) is 45.7 Å². The molecule has 1 heterocycles. The zero-order valence-corrected chi connectivity index (χ0v) is 5.97. The molecule has 0 aliphatic carbocycles. The fraction of sp³-hybridized carbons (Fsp3) is 0.400. The number of hydrogen-bond donors (Lipinski definition) is 2. The molecule has 1 aromatic heterocycles. The van der Waals surface area contributed by atoms with E-state index in [0.717, 1.165) is 0 Å². The van der Waals surface area contributed by atoms with Gasteiger partial charge in [-0.25, -0.2) is 4.57 Å². The largest absolute Gasteiger partial charge is 1.00 e. The number of aromatic nitrogens is 2. The van der Waals surface area contributed by atoms with Gasteiger partial charge in [0.2, 0.25) is 6.33 Å². The Morgan fingerprint density at radius 2 is 2.33 bits per heavy atom. The summed E-state index contributed by atoms with van der Waals surface area (Å²) in [6.45, 7) is 1.92. The van der Waals surface area contributed by atoms with Crippen LogP contribution in [0.3, 0.4) is 0 Å². The number of aromatic amines is 1. The first-order valence-electron chi connectivity index (χ1n) is 2.60. The van der Waals surface area contributed by atoms with Gasteiger partial charge < -0.3 is 12.4 Å². The average Bonchev–Trinajstić information content (AvgIpc) is 2.12. The lowest BCUT2D eigenvalue weighted by Gasteiger charge is -1.95. The maximum absolute atomic E-state index is 5.50. The molecule has 3 N–H and O–H groups in total. The van der Waals surface area contributed by atoms with Crippen molar-refractivity contribution in [3.63, 3.8) is 0 Å². The van der Waals surface area contributed by atoms with Gasteiger partial charge in [0.15, 0.2) is 0 Å². The van der Waals surface area contributed by atoms with Crippen molar-refractivity contribution in [3.8, 4) is 0 Å². The van der Waals surface area contributed by atoms with Crippen molar-refractivity contribution in [1.82, 2.24) is 4.98 Å². The molecule has 4 heteroatoms. The Labute approximate surface area is 60.3 Å². The van der Waals surface area contributed by atoms with Gasteiger partial charge in [-0.2, -0.15) is 0 Å². The summed E-state index contributed by atoms with van der Waals surface area (Å²) in [6, 6.07) is 0. The zero-order valence-electron chi connectivity index (χ0n) is 5.21. The second kappa shape index (κ2) is 3.48. The van der Waals surface area contributed by atoms with Crippen molar-refractivity contribution in [2.45, 2.75) is 13.1 Å². The number of halogens is 1. The summed E-state index contributed by atoms with van der Waals surface area (Å²) in [7, 11) is 0. The summed E-state index contributed by atoms with van der Waals surface area (Å²) in [6.07, 6.45) is 5.62. The van der Waals surface area contributed by atoms with Crippen LogP contribution >= 0.6 is 0 Å². The van der Waals surface area contributed by atoms with Crippen LogP contribution in [-0.2, 0) is 0 Å². The minimum atomic E-state index is 0. The third kappa shape index (κ3) is 2.03. The normalized spacial score (nSPS) is 12.2. The molecule has 0 amide bonds. The highest BCUT2D eigenvalue weighted by Crippen LogP contribution is 1.77. The van der Waals surface area contributed by atoms with E-state index in [1.165, 1.54) is 0 Å². The van der Waals surface area contributed by atoms with Gasteiger partial charge in [-0.3, -0.25) is 10.7 Å². The highest BCUT2D eigenvalue weighted by Gasteiger charge is 1.98. The van der Waals surface area contributed by atoms with Gasteiger partial charge in [0.05, 0.1) is 0 Å². The van der Waals surface area contributed by atoms with Crippen molar-refractivity contribution in [3.05, 3.63) is 18.7 Å². The Bertz CT molecular complexity index is 147. The first-order valence-corrected chi connectivity index (χ1v) is 2.60. The molecule has 1 atom stereocenters. The van der Waals surface area contributed by atoms with E-state index in [1.807, 2.05) is 30.2 Å². The smallest absolute Gasteiger partial charge is 0.242 e. The monoisotopic (exact) mass is 147 g/mol. The van der Waals surface area contributed by atoms with Crippen LogP contribution in [0.5, 0.6) is 0 Å². The summed E-state index contributed by atoms with van der Waals surface area (Å²) in [5.74, 6) is 0. The van der Waals surface area contributed by atoms with Gasteiger partial charge in [-0.15, -0.1) is 0 Å². The number of imidazole rings is 1. The minimum Gasteiger partial charge on any atom is -1.00 e. The van der Waals surface area contributed by atoms with Crippen LogP contribution in [0, 0.1) is 0 Å². The number of nitrogens with two attached hydrogens (primary N) is 1. The van der Waals surface area contributed by atoms with E-state index in [9.17, 15) is 0 Å². The van der Waals surface area contributed by atoms with E-state index >= 15 is 0 Å². The molecule has 0 fully saturated rings. The molecule has 0 aliphatic rings. The van der Waals surface area contributed by atoms with Gasteiger partial charge in [-0.1, -0.05) is 0 Å². The fourth-order valence-corrected chi connectivity index (χ4v) is 0.555. The molecule has 1 unspecified atom stereocenters. The van der Waals surface area contributed by atoms with Crippen LogP contribution in [0.2, 0.25) is 0 Å². The summed E-state index contributed by atoms with van der Waals surface area (Å²) in [5.41, 5.74) is 5.50. The third-order valence-electron chi connectivity index (χ3n) is 1.04. The number of hydrogen-bond acceptors (Lipinski definition) is 1. The number of nitrogens with one attached hydrogen (secondary N) is 1. The Balaban J connectivity index is 0.000000640. The van der Waals surface area contributed by atoms with Gasteiger partial charge in [0.1, 0.15) is 18.6 Å². The first-order chi connectivity index (χ1) is 3.80. The van der Waals surface area contributed by atoms with E-state index in [1.54, 1.807) is 0 Å². The lowest BCUT2D eigenvalue weighted by Crippen LogP contribution is -3.00. The minimum absolute atomic E-state index is 0. The van der Waals surface area contributed by atoms with E-state index in [4.69, 9.17) is 5.73 Å². The van der Waals surface area contributed by atoms with Crippen LogP contribution in [0.1, 0.15) is 13.1 Å². The highest BCUT2D eigenvalue weighted by atomic mass is 35.5. The summed E-state index contributed by atoms with van der Waals surface area (Å²) < 4.78 is 1.89. The molecule has 0 bridgehead atoms. The fourth-order valence-electron chi connectivity index (χ4n) is 0.555. The van der Waals surface area contributed by atoms with E-state index < -0.39 is 0 Å². The van der Waals surface area contributed by atoms with Crippen molar-refractivity contribution in [2.75, 3.05) is 0 Å². The molecule has 0 spiro atoms. The molecule has 9 heavy (non-hydrogen) atoms. The van der Waals surface area contributed by atoms with E-state index in [-0.39, 0.29) is 18.6 Å². The Morgan fingerprint density at radius 3 is 2.56 bits per heavy atom. The van der Waals surface area contributed by atoms with Crippen molar-refractivity contribution < 1.29 is 17.0 Å². The van der Waals surface area contributed by atoms with Gasteiger partial charge in [0, 0.05) is 0 Å². The Kier molecular flexibility index (Phi) is 3.27. The molecule has 1 aromatic rings. The quantitative estimate of drug-likeness (QED) is 0.404. The summed E-state index contributed by atoms with van der Waals surface area (Å²) in [5, 5.41) is 0. The van der Waals surface area contributed by atoms with Crippen LogP contribution < -0.4 is 22.7 Å². The molecule has 52 valence electrons. The van der Waals surface area contributed by atoms with E-state index in [0.29, 0.717) is 0 Å². The van der Waals surface area contributed by atoms with Gasteiger partial charge in [0.25, 0.3) is 0 Å². The standard InChI is InChI=1S/C5H9N3.ClH/c1-5(6)8-3-2-7-4-8;/h2-5H,6H2,1H3;1H. The zero-order chi connectivity index (χ0) is 5.98.